The molecule has 3 aromatic carbocycles. The minimum atomic E-state index is -0.226. The number of nitrogens with one attached hydrogen (secondary N) is 2. The van der Waals surface area contributed by atoms with Gasteiger partial charge < -0.3 is 20.1 Å². The van der Waals surface area contributed by atoms with E-state index in [1.54, 1.807) is 12.1 Å². The molecule has 0 saturated carbocycles. The number of anilines is 2. The molecule has 2 aliphatic heterocycles. The van der Waals surface area contributed by atoms with Gasteiger partial charge in [-0.2, -0.15) is 5.26 Å². The fraction of sp³-hybridized carbons (Fsp3) is 0.241. The summed E-state index contributed by atoms with van der Waals surface area (Å²) in [5, 5.41) is 15.7. The van der Waals surface area contributed by atoms with Crippen LogP contribution in [0.4, 0.5) is 11.4 Å². The van der Waals surface area contributed by atoms with Crippen molar-refractivity contribution in [3.8, 4) is 17.6 Å². The summed E-state index contributed by atoms with van der Waals surface area (Å²) < 4.78 is 11.5. The molecule has 2 N–H and O–H groups in total. The van der Waals surface area contributed by atoms with Gasteiger partial charge in [-0.3, -0.25) is 9.69 Å². The Hall–Kier alpha value is -4.28. The molecule has 0 radical (unpaired) electrons. The average molecular weight is 481 g/mol. The molecule has 0 fully saturated rings. The summed E-state index contributed by atoms with van der Waals surface area (Å²) in [4.78, 5) is 15.6. The Kier molecular flexibility index (Phi) is 6.61. The smallest absolute Gasteiger partial charge is 0.258 e. The van der Waals surface area contributed by atoms with Gasteiger partial charge in [-0.1, -0.05) is 32.0 Å². The third-order valence-corrected chi connectivity index (χ3v) is 6.50. The van der Waals surface area contributed by atoms with Crippen LogP contribution in [0.15, 0.2) is 60.7 Å². The molecule has 7 heteroatoms. The lowest BCUT2D eigenvalue weighted by atomic mass is 9.98. The minimum Gasteiger partial charge on any atom is -0.486 e. The number of carbonyl (C=O) groups is 1. The van der Waals surface area contributed by atoms with E-state index in [1.807, 2.05) is 36.4 Å². The van der Waals surface area contributed by atoms with Gasteiger partial charge in [0.25, 0.3) is 5.91 Å². The summed E-state index contributed by atoms with van der Waals surface area (Å²) in [5.74, 6) is 1.10. The molecule has 0 aliphatic carbocycles. The molecule has 1 amide bonds. The Morgan fingerprint density at radius 2 is 1.75 bits per heavy atom. The van der Waals surface area contributed by atoms with Crippen LogP contribution < -0.4 is 20.1 Å². The zero-order chi connectivity index (χ0) is 25.1. The first-order valence-corrected chi connectivity index (χ1v) is 12.2. The van der Waals surface area contributed by atoms with Gasteiger partial charge in [-0.05, 0) is 61.1 Å². The van der Waals surface area contributed by atoms with Crippen LogP contribution in [0.2, 0.25) is 0 Å². The van der Waals surface area contributed by atoms with E-state index in [4.69, 9.17) is 9.47 Å². The number of nitriles is 1. The predicted octanol–water partition coefficient (Wildman–Crippen LogP) is 5.10. The normalized spacial score (nSPS) is 15.2. The number of rotatable bonds is 7. The number of benzene rings is 3. The van der Waals surface area contributed by atoms with E-state index in [9.17, 15) is 10.1 Å². The number of fused-ring (bicyclic) bond motifs is 2. The van der Waals surface area contributed by atoms with Gasteiger partial charge >= 0.3 is 0 Å². The number of hydrogen-bond donors (Lipinski definition) is 2. The van der Waals surface area contributed by atoms with E-state index >= 15 is 0 Å². The molecule has 182 valence electrons. The molecule has 0 atom stereocenters. The van der Waals surface area contributed by atoms with Gasteiger partial charge in [0.2, 0.25) is 0 Å². The van der Waals surface area contributed by atoms with Crippen molar-refractivity contribution in [3.05, 3.63) is 82.9 Å². The minimum absolute atomic E-state index is 0.226. The van der Waals surface area contributed by atoms with E-state index in [-0.39, 0.29) is 5.91 Å². The molecule has 0 bridgehead atoms. The topological polar surface area (TPSA) is 86.6 Å². The number of hydrogen-bond acceptors (Lipinski definition) is 6. The maximum atomic E-state index is 13.2. The van der Waals surface area contributed by atoms with Crippen LogP contribution in [0.1, 0.15) is 36.1 Å². The molecule has 7 nitrogen and oxygen atoms in total. The molecular formula is C29H28N4O3. The quantitative estimate of drug-likeness (QED) is 0.458. The Labute approximate surface area is 210 Å². The van der Waals surface area contributed by atoms with Gasteiger partial charge in [0, 0.05) is 23.4 Å². The van der Waals surface area contributed by atoms with E-state index in [0.717, 1.165) is 36.4 Å². The highest BCUT2D eigenvalue weighted by atomic mass is 16.6. The summed E-state index contributed by atoms with van der Waals surface area (Å²) in [6, 6.07) is 21.3. The summed E-state index contributed by atoms with van der Waals surface area (Å²) >= 11 is 0. The van der Waals surface area contributed by atoms with Crippen LogP contribution in [0.25, 0.3) is 11.3 Å². The fourth-order valence-corrected chi connectivity index (χ4v) is 4.51. The number of amides is 1. The van der Waals surface area contributed by atoms with Gasteiger partial charge in [0.05, 0.1) is 28.6 Å². The van der Waals surface area contributed by atoms with Gasteiger partial charge in [0.15, 0.2) is 11.5 Å². The second kappa shape index (κ2) is 10.1. The van der Waals surface area contributed by atoms with Crippen LogP contribution in [0.5, 0.6) is 11.5 Å². The van der Waals surface area contributed by atoms with Crippen molar-refractivity contribution in [2.45, 2.75) is 20.4 Å². The van der Waals surface area contributed by atoms with Gasteiger partial charge in [-0.25, -0.2) is 0 Å². The highest BCUT2D eigenvalue weighted by molar-refractivity contribution is 6.37. The Morgan fingerprint density at radius 3 is 2.47 bits per heavy atom. The second-order valence-corrected chi connectivity index (χ2v) is 8.72. The number of ether oxygens (including phenoxy) is 2. The van der Waals surface area contributed by atoms with E-state index in [1.165, 1.54) is 5.56 Å². The standard InChI is InChI=1S/C29H28N4O3/c1-3-33(4-2)18-19-5-9-22(10-6-19)31-28(21-8-12-25-26(16-21)36-14-13-35-25)27-23-11-7-20(17-30)15-24(23)32-29(27)34/h5-12,15-16,31H,3-4,13-14,18H2,1-2H3,(H,32,34). The van der Waals surface area contributed by atoms with Crippen LogP contribution in [0.3, 0.4) is 0 Å². The lowest BCUT2D eigenvalue weighted by Gasteiger charge is -2.21. The van der Waals surface area contributed by atoms with Gasteiger partial charge in [0.1, 0.15) is 13.2 Å². The van der Waals surface area contributed by atoms with Crippen LogP contribution in [-0.2, 0) is 11.3 Å². The second-order valence-electron chi connectivity index (χ2n) is 8.72. The molecule has 36 heavy (non-hydrogen) atoms. The summed E-state index contributed by atoms with van der Waals surface area (Å²) in [7, 11) is 0. The lowest BCUT2D eigenvalue weighted by molar-refractivity contribution is -0.110. The van der Waals surface area contributed by atoms with Crippen LogP contribution in [0, 0.1) is 11.3 Å². The number of carbonyl (C=O) groups excluding carboxylic acids is 1. The molecule has 0 unspecified atom stereocenters. The van der Waals surface area contributed by atoms with Crippen molar-refractivity contribution in [3.63, 3.8) is 0 Å². The maximum absolute atomic E-state index is 13.2. The van der Waals surface area contributed by atoms with Crippen molar-refractivity contribution in [2.24, 2.45) is 0 Å². The largest absolute Gasteiger partial charge is 0.486 e. The Morgan fingerprint density at radius 1 is 1.00 bits per heavy atom. The highest BCUT2D eigenvalue weighted by Crippen LogP contribution is 2.40. The summed E-state index contributed by atoms with van der Waals surface area (Å²) in [6.45, 7) is 8.20. The first-order valence-electron chi connectivity index (χ1n) is 12.2. The first-order chi connectivity index (χ1) is 17.6. The summed E-state index contributed by atoms with van der Waals surface area (Å²) in [6.07, 6.45) is 0. The molecule has 2 aliphatic rings. The van der Waals surface area contributed by atoms with Crippen molar-refractivity contribution in [2.75, 3.05) is 36.9 Å². The molecular weight excluding hydrogens is 452 g/mol. The highest BCUT2D eigenvalue weighted by Gasteiger charge is 2.29. The fourth-order valence-electron chi connectivity index (χ4n) is 4.51. The van der Waals surface area contributed by atoms with Crippen LogP contribution in [-0.4, -0.2) is 37.1 Å². The van der Waals surface area contributed by atoms with E-state index in [0.29, 0.717) is 47.2 Å². The maximum Gasteiger partial charge on any atom is 0.258 e. The Bertz CT molecular complexity index is 1370. The third-order valence-electron chi connectivity index (χ3n) is 6.50. The zero-order valence-electron chi connectivity index (χ0n) is 20.4. The van der Waals surface area contributed by atoms with Crippen molar-refractivity contribution in [1.82, 2.24) is 4.90 Å². The average Bonchev–Trinajstić information content (AvgIpc) is 3.25. The zero-order valence-corrected chi connectivity index (χ0v) is 20.4. The SMILES string of the molecule is CCN(CC)Cc1ccc(NC(=C2C(=O)Nc3cc(C#N)ccc32)c2ccc3c(c2)OCCO3)cc1. The van der Waals surface area contributed by atoms with Crippen molar-refractivity contribution < 1.29 is 14.3 Å². The molecule has 0 aromatic heterocycles. The first kappa shape index (κ1) is 23.5. The lowest BCUT2D eigenvalue weighted by Crippen LogP contribution is -2.22. The molecule has 0 spiro atoms. The molecule has 2 heterocycles. The molecule has 3 aromatic rings. The molecule has 0 saturated heterocycles. The third kappa shape index (κ3) is 4.64. The monoisotopic (exact) mass is 480 g/mol. The molecule has 5 rings (SSSR count). The van der Waals surface area contributed by atoms with E-state index < -0.39 is 0 Å². The van der Waals surface area contributed by atoms with Crippen LogP contribution >= 0.6 is 0 Å². The van der Waals surface area contributed by atoms with Gasteiger partial charge in [-0.15, -0.1) is 0 Å². The predicted molar refractivity (Wildman–Crippen MR) is 141 cm³/mol. The van der Waals surface area contributed by atoms with E-state index in [2.05, 4.69) is 47.6 Å². The summed E-state index contributed by atoms with van der Waals surface area (Å²) in [5.41, 5.74) is 5.93. The van der Waals surface area contributed by atoms with Crippen molar-refractivity contribution >= 4 is 28.6 Å². The van der Waals surface area contributed by atoms with Crippen molar-refractivity contribution in [1.29, 1.82) is 5.26 Å². The number of nitrogens with zero attached hydrogens (tertiary/aromatic N) is 2. The Balaban J connectivity index is 1.57.